The second kappa shape index (κ2) is 4.24. The predicted molar refractivity (Wildman–Crippen MR) is 34.7 cm³/mol. The van der Waals surface area contributed by atoms with Crippen LogP contribution in [0.4, 0.5) is 0 Å². The molecule has 1 aliphatic heterocycles. The van der Waals surface area contributed by atoms with Crippen LogP contribution in [0.1, 0.15) is 13.8 Å². The van der Waals surface area contributed by atoms with Gasteiger partial charge in [0.1, 0.15) is 6.10 Å². The van der Waals surface area contributed by atoms with Gasteiger partial charge in [0.25, 0.3) is 5.97 Å². The van der Waals surface area contributed by atoms with Crippen LogP contribution < -0.4 is 0 Å². The van der Waals surface area contributed by atoms with Gasteiger partial charge in [0, 0.05) is 6.92 Å². The molecule has 0 aromatic carbocycles. The summed E-state index contributed by atoms with van der Waals surface area (Å²) in [5.41, 5.74) is 0. The van der Waals surface area contributed by atoms with Crippen molar-refractivity contribution < 1.29 is 19.7 Å². The summed E-state index contributed by atoms with van der Waals surface area (Å²) >= 11 is 0. The Kier molecular flexibility index (Phi) is 3.99. The van der Waals surface area contributed by atoms with Gasteiger partial charge in [0.15, 0.2) is 0 Å². The Morgan fingerprint density at radius 1 is 1.70 bits per heavy atom. The van der Waals surface area contributed by atoms with E-state index in [1.54, 1.807) is 0 Å². The molecule has 1 aliphatic rings. The van der Waals surface area contributed by atoms with Crippen LogP contribution in [0, 0.1) is 0 Å². The highest BCUT2D eigenvalue weighted by molar-refractivity contribution is 5.62. The van der Waals surface area contributed by atoms with Gasteiger partial charge in [-0.1, -0.05) is 0 Å². The number of hydrogen-bond donors (Lipinski definition) is 2. The maximum Gasteiger partial charge on any atom is 0.300 e. The maximum atomic E-state index is 9.00. The van der Waals surface area contributed by atoms with Crippen LogP contribution in [0.25, 0.3) is 0 Å². The van der Waals surface area contributed by atoms with Gasteiger partial charge in [-0.15, -0.1) is 0 Å². The second-order valence-electron chi connectivity index (χ2n) is 2.08. The van der Waals surface area contributed by atoms with E-state index in [2.05, 4.69) is 0 Å². The van der Waals surface area contributed by atoms with E-state index in [9.17, 15) is 0 Å². The molecule has 2 atom stereocenters. The van der Waals surface area contributed by atoms with Gasteiger partial charge in [0.2, 0.25) is 0 Å². The molecule has 0 radical (unpaired) electrons. The molecule has 1 rings (SSSR count). The highest BCUT2D eigenvalue weighted by Crippen LogP contribution is 2.18. The number of rotatable bonds is 1. The van der Waals surface area contributed by atoms with Crippen LogP contribution in [0.5, 0.6) is 0 Å². The van der Waals surface area contributed by atoms with Crippen molar-refractivity contribution in [3.05, 3.63) is 0 Å². The number of ether oxygens (including phenoxy) is 1. The zero-order chi connectivity index (χ0) is 8.15. The Labute approximate surface area is 59.4 Å². The molecule has 4 nitrogen and oxygen atoms in total. The number of aliphatic carboxylic acids is 1. The third-order valence-electron chi connectivity index (χ3n) is 1.02. The van der Waals surface area contributed by atoms with Crippen molar-refractivity contribution in [2.24, 2.45) is 0 Å². The molecule has 0 spiro atoms. The SMILES string of the molecule is CC(=O)O.C[C@H]1O[C@@H]1CO. The van der Waals surface area contributed by atoms with Crippen LogP contribution in [0.3, 0.4) is 0 Å². The molecule has 0 saturated carbocycles. The average Bonchev–Trinajstić information content (AvgIpc) is 2.45. The molecule has 2 N–H and O–H groups in total. The van der Waals surface area contributed by atoms with Crippen molar-refractivity contribution >= 4 is 5.97 Å². The molecule has 0 amide bonds. The van der Waals surface area contributed by atoms with Crippen molar-refractivity contribution in [3.8, 4) is 0 Å². The van der Waals surface area contributed by atoms with E-state index in [0.29, 0.717) is 6.10 Å². The number of carboxylic acid groups (broad SMARTS) is 1. The Morgan fingerprint density at radius 2 is 2.00 bits per heavy atom. The molecule has 10 heavy (non-hydrogen) atoms. The minimum Gasteiger partial charge on any atom is -0.481 e. The zero-order valence-electron chi connectivity index (χ0n) is 6.07. The summed E-state index contributed by atoms with van der Waals surface area (Å²) in [7, 11) is 0. The van der Waals surface area contributed by atoms with E-state index in [-0.39, 0.29) is 12.7 Å². The first-order valence-electron chi connectivity index (χ1n) is 3.03. The lowest BCUT2D eigenvalue weighted by molar-refractivity contribution is -0.134. The number of epoxide rings is 1. The van der Waals surface area contributed by atoms with Gasteiger partial charge >= 0.3 is 0 Å². The van der Waals surface area contributed by atoms with Crippen LogP contribution >= 0.6 is 0 Å². The smallest absolute Gasteiger partial charge is 0.300 e. The molecule has 1 heterocycles. The van der Waals surface area contributed by atoms with Gasteiger partial charge in [0.05, 0.1) is 12.7 Å². The molecule has 0 aromatic rings. The quantitative estimate of drug-likeness (QED) is 0.507. The van der Waals surface area contributed by atoms with Crippen LogP contribution in [0.2, 0.25) is 0 Å². The summed E-state index contributed by atoms with van der Waals surface area (Å²) in [5.74, 6) is -0.833. The fourth-order valence-electron chi connectivity index (χ4n) is 0.422. The number of carbonyl (C=O) groups is 1. The highest BCUT2D eigenvalue weighted by Gasteiger charge is 2.32. The van der Waals surface area contributed by atoms with Crippen LogP contribution in [0.15, 0.2) is 0 Å². The van der Waals surface area contributed by atoms with Crippen molar-refractivity contribution in [2.45, 2.75) is 26.1 Å². The summed E-state index contributed by atoms with van der Waals surface area (Å²) in [6.45, 7) is 3.21. The van der Waals surface area contributed by atoms with Crippen molar-refractivity contribution in [2.75, 3.05) is 6.61 Å². The Balaban J connectivity index is 0.000000180. The molecular weight excluding hydrogens is 136 g/mol. The standard InChI is InChI=1S/C4H8O2.C2H4O2/c1-3-4(2-5)6-3;1-2(3)4/h3-5H,2H2,1H3;1H3,(H,3,4)/t3-,4-;/m1./s1. The summed E-state index contributed by atoms with van der Waals surface area (Å²) in [4.78, 5) is 9.00. The lowest BCUT2D eigenvalue weighted by atomic mass is 10.4. The van der Waals surface area contributed by atoms with Crippen molar-refractivity contribution in [1.29, 1.82) is 0 Å². The van der Waals surface area contributed by atoms with E-state index in [1.165, 1.54) is 0 Å². The predicted octanol–water partition coefficient (Wildman–Crippen LogP) is -0.143. The molecule has 1 fully saturated rings. The van der Waals surface area contributed by atoms with Crippen LogP contribution in [-0.4, -0.2) is 35.0 Å². The van der Waals surface area contributed by atoms with Crippen molar-refractivity contribution in [3.63, 3.8) is 0 Å². The fourth-order valence-corrected chi connectivity index (χ4v) is 0.422. The van der Waals surface area contributed by atoms with E-state index in [4.69, 9.17) is 19.7 Å². The monoisotopic (exact) mass is 148 g/mol. The van der Waals surface area contributed by atoms with E-state index < -0.39 is 5.97 Å². The molecule has 0 aliphatic carbocycles. The topological polar surface area (TPSA) is 70.1 Å². The highest BCUT2D eigenvalue weighted by atomic mass is 16.6. The first-order chi connectivity index (χ1) is 4.57. The molecule has 0 unspecified atom stereocenters. The summed E-state index contributed by atoms with van der Waals surface area (Å²) in [6.07, 6.45) is 0.472. The normalized spacial score (nSPS) is 28.3. The number of hydrogen-bond acceptors (Lipinski definition) is 3. The summed E-state index contributed by atoms with van der Waals surface area (Å²) in [5, 5.41) is 15.7. The van der Waals surface area contributed by atoms with Crippen LogP contribution in [-0.2, 0) is 9.53 Å². The van der Waals surface area contributed by atoms with E-state index >= 15 is 0 Å². The molecule has 0 aromatic heterocycles. The molecule has 60 valence electrons. The average molecular weight is 148 g/mol. The van der Waals surface area contributed by atoms with Crippen molar-refractivity contribution in [1.82, 2.24) is 0 Å². The van der Waals surface area contributed by atoms with Gasteiger partial charge in [-0.05, 0) is 6.92 Å². The summed E-state index contributed by atoms with van der Waals surface area (Å²) < 4.78 is 4.82. The molecular formula is C6H12O4. The minimum atomic E-state index is -0.833. The van der Waals surface area contributed by atoms with Gasteiger partial charge < -0.3 is 14.9 Å². The first kappa shape index (κ1) is 9.39. The first-order valence-corrected chi connectivity index (χ1v) is 3.03. The fraction of sp³-hybridized carbons (Fsp3) is 0.833. The number of aliphatic hydroxyl groups excluding tert-OH is 1. The largest absolute Gasteiger partial charge is 0.481 e. The Hall–Kier alpha value is -0.610. The minimum absolute atomic E-state index is 0.157. The summed E-state index contributed by atoms with van der Waals surface area (Å²) in [6, 6.07) is 0. The zero-order valence-corrected chi connectivity index (χ0v) is 6.07. The van der Waals surface area contributed by atoms with E-state index in [0.717, 1.165) is 6.92 Å². The Morgan fingerprint density at radius 3 is 2.00 bits per heavy atom. The van der Waals surface area contributed by atoms with Gasteiger partial charge in [-0.2, -0.15) is 0 Å². The third-order valence-corrected chi connectivity index (χ3v) is 1.02. The maximum absolute atomic E-state index is 9.00. The molecule has 4 heteroatoms. The van der Waals surface area contributed by atoms with Gasteiger partial charge in [-0.25, -0.2) is 0 Å². The molecule has 0 bridgehead atoms. The Bertz CT molecular complexity index is 106. The second-order valence-corrected chi connectivity index (χ2v) is 2.08. The number of carboxylic acids is 1. The van der Waals surface area contributed by atoms with E-state index in [1.807, 2.05) is 6.92 Å². The third kappa shape index (κ3) is 5.53. The lowest BCUT2D eigenvalue weighted by Gasteiger charge is -1.73. The lowest BCUT2D eigenvalue weighted by Crippen LogP contribution is -1.93. The molecule has 1 saturated heterocycles. The number of aliphatic hydroxyl groups is 1. The van der Waals surface area contributed by atoms with Gasteiger partial charge in [-0.3, -0.25) is 4.79 Å².